The smallest absolute Gasteiger partial charge is 0.322 e. The summed E-state index contributed by atoms with van der Waals surface area (Å²) in [5.74, 6) is 0. The van der Waals surface area contributed by atoms with Gasteiger partial charge in [-0.15, -0.1) is 0 Å². The van der Waals surface area contributed by atoms with Crippen molar-refractivity contribution >= 4 is 17.9 Å². The second-order valence-corrected chi connectivity index (χ2v) is 4.60. The molecule has 22 heavy (non-hydrogen) atoms. The van der Waals surface area contributed by atoms with Gasteiger partial charge in [-0.3, -0.25) is 0 Å². The zero-order chi connectivity index (χ0) is 16.5. The summed E-state index contributed by atoms with van der Waals surface area (Å²) < 4.78 is 88.6. The average molecular weight is 320 g/mol. The van der Waals surface area contributed by atoms with Gasteiger partial charge in [-0.2, -0.15) is 26.3 Å². The Kier molecular flexibility index (Phi) is 4.22. The number of hydrogen-bond acceptors (Lipinski definition) is 0. The van der Waals surface area contributed by atoms with E-state index in [0.717, 1.165) is 48.5 Å². The van der Waals surface area contributed by atoms with Crippen molar-refractivity contribution in [3.8, 4) is 0 Å². The molecule has 0 bridgehead atoms. The van der Waals surface area contributed by atoms with Crippen molar-refractivity contribution in [1.29, 1.82) is 0 Å². The molecule has 2 aromatic carbocycles. The molecule has 116 valence electrons. The van der Waals surface area contributed by atoms with Crippen LogP contribution in [-0.4, -0.2) is 6.99 Å². The Balaban J connectivity index is 2.23. The lowest BCUT2D eigenvalue weighted by Gasteiger charge is -2.10. The molecule has 0 aliphatic heterocycles. The number of benzene rings is 2. The van der Waals surface area contributed by atoms with Crippen LogP contribution in [0.15, 0.2) is 48.5 Å². The van der Waals surface area contributed by atoms with E-state index in [1.165, 1.54) is 0 Å². The van der Waals surface area contributed by atoms with Gasteiger partial charge in [-0.1, -0.05) is 48.5 Å². The van der Waals surface area contributed by atoms with Gasteiger partial charge in [0.2, 0.25) is 0 Å². The summed E-state index contributed by atoms with van der Waals surface area (Å²) >= 11 is 0. The molecule has 0 unspecified atom stereocenters. The fraction of sp³-hybridized carbons (Fsp3) is 0.143. The van der Waals surface area contributed by atoms with Gasteiger partial charge in [-0.05, 0) is 10.9 Å². The molecule has 0 N–H and O–H groups in total. The highest BCUT2D eigenvalue weighted by Crippen LogP contribution is 2.29. The molecule has 0 aliphatic carbocycles. The maximum absolute atomic E-state index is 14.2. The minimum atomic E-state index is -4.53. The molecule has 0 saturated carbocycles. The Bertz CT molecular complexity index is 569. The molecule has 0 aromatic heterocycles. The summed E-state index contributed by atoms with van der Waals surface area (Å²) in [5.41, 5.74) is -1.97. The van der Waals surface area contributed by atoms with Crippen LogP contribution in [0, 0.1) is 0 Å². The molecule has 2 aromatic rings. The molecule has 0 radical (unpaired) electrons. The van der Waals surface area contributed by atoms with Crippen LogP contribution in [0.1, 0.15) is 11.1 Å². The van der Waals surface area contributed by atoms with Crippen molar-refractivity contribution in [1.82, 2.24) is 0 Å². The van der Waals surface area contributed by atoms with Crippen LogP contribution >= 0.6 is 0 Å². The fourth-order valence-corrected chi connectivity index (χ4v) is 1.87. The lowest BCUT2D eigenvalue weighted by Crippen LogP contribution is -2.38. The van der Waals surface area contributed by atoms with Crippen LogP contribution in [0.25, 0.3) is 0 Å². The van der Waals surface area contributed by atoms with E-state index in [9.17, 15) is 30.7 Å². The highest BCUT2D eigenvalue weighted by molar-refractivity contribution is 6.79. The first-order valence-electron chi connectivity index (χ1n) is 6.07. The van der Waals surface area contributed by atoms with E-state index in [1.807, 2.05) is 0 Å². The third kappa shape index (κ3) is 3.61. The van der Waals surface area contributed by atoms with Crippen LogP contribution in [0.5, 0.6) is 0 Å². The normalized spacial score (nSPS) is 12.3. The Morgan fingerprint density at radius 1 is 0.545 bits per heavy atom. The van der Waals surface area contributed by atoms with Crippen molar-refractivity contribution in [2.24, 2.45) is 0 Å². The first-order chi connectivity index (χ1) is 10.1. The minimum absolute atomic E-state index is 0.0623. The summed E-state index contributed by atoms with van der Waals surface area (Å²) in [5, 5.41) is 0. The van der Waals surface area contributed by atoms with Crippen LogP contribution in [0.4, 0.5) is 30.7 Å². The Hall–Kier alpha value is -1.99. The zero-order valence-electron chi connectivity index (χ0n) is 10.8. The molecular formula is C14H8BF7. The summed E-state index contributed by atoms with van der Waals surface area (Å²) in [6.07, 6.45) is -9.06. The predicted molar refractivity (Wildman–Crippen MR) is 69.0 cm³/mol. The van der Waals surface area contributed by atoms with Gasteiger partial charge in [0.1, 0.15) is 0 Å². The predicted octanol–water partition coefficient (Wildman–Crippen LogP) is 3.80. The van der Waals surface area contributed by atoms with E-state index in [4.69, 9.17) is 0 Å². The molecule has 0 amide bonds. The van der Waals surface area contributed by atoms with Crippen molar-refractivity contribution in [2.45, 2.75) is 12.4 Å². The third-order valence-corrected chi connectivity index (χ3v) is 3.06. The number of rotatable bonds is 2. The fourth-order valence-electron chi connectivity index (χ4n) is 1.87. The van der Waals surface area contributed by atoms with Gasteiger partial charge in [0.05, 0.1) is 11.1 Å². The van der Waals surface area contributed by atoms with Gasteiger partial charge >= 0.3 is 19.3 Å². The molecular weight excluding hydrogens is 312 g/mol. The molecule has 0 heterocycles. The second-order valence-electron chi connectivity index (χ2n) is 4.60. The lowest BCUT2D eigenvalue weighted by molar-refractivity contribution is -0.138. The molecule has 0 atom stereocenters. The second kappa shape index (κ2) is 5.66. The van der Waals surface area contributed by atoms with Crippen molar-refractivity contribution in [2.75, 3.05) is 0 Å². The minimum Gasteiger partial charge on any atom is -0.322 e. The molecule has 0 saturated heterocycles. The molecule has 0 nitrogen and oxygen atoms in total. The maximum Gasteiger partial charge on any atom is 0.416 e. The molecule has 0 spiro atoms. The highest BCUT2D eigenvalue weighted by Gasteiger charge is 2.32. The summed E-state index contributed by atoms with van der Waals surface area (Å²) in [6, 6.07) is 6.77. The average Bonchev–Trinajstić information content (AvgIpc) is 2.45. The monoisotopic (exact) mass is 320 g/mol. The Labute approximate surface area is 121 Å². The molecule has 2 rings (SSSR count). The van der Waals surface area contributed by atoms with E-state index in [1.54, 1.807) is 0 Å². The van der Waals surface area contributed by atoms with Crippen molar-refractivity contribution in [3.63, 3.8) is 0 Å². The highest BCUT2D eigenvalue weighted by atomic mass is 19.4. The van der Waals surface area contributed by atoms with Crippen LogP contribution in [-0.2, 0) is 12.4 Å². The van der Waals surface area contributed by atoms with Gasteiger partial charge in [0.25, 0.3) is 0 Å². The maximum atomic E-state index is 14.2. The van der Waals surface area contributed by atoms with E-state index in [-0.39, 0.29) is 10.9 Å². The van der Waals surface area contributed by atoms with Crippen molar-refractivity contribution in [3.05, 3.63) is 59.7 Å². The first kappa shape index (κ1) is 16.4. The standard InChI is InChI=1S/C14H8BF7/c16-13(17,18)9-1-5-11(6-2-9)15(22)12-7-3-10(4-8-12)14(19,20)21/h1-8H. The van der Waals surface area contributed by atoms with Crippen LogP contribution in [0.3, 0.4) is 0 Å². The Morgan fingerprint density at radius 2 is 0.818 bits per heavy atom. The summed E-state index contributed by atoms with van der Waals surface area (Å²) in [4.78, 5) is 0. The van der Waals surface area contributed by atoms with E-state index in [0.29, 0.717) is 0 Å². The van der Waals surface area contributed by atoms with Gasteiger partial charge in [-0.25, -0.2) is 0 Å². The van der Waals surface area contributed by atoms with E-state index in [2.05, 4.69) is 0 Å². The van der Waals surface area contributed by atoms with Crippen molar-refractivity contribution < 1.29 is 30.7 Å². The molecule has 0 fully saturated rings. The number of hydrogen-bond donors (Lipinski definition) is 0. The summed E-state index contributed by atoms with van der Waals surface area (Å²) in [7, 11) is 0. The van der Waals surface area contributed by atoms with Gasteiger partial charge < -0.3 is 4.32 Å². The van der Waals surface area contributed by atoms with Crippen LogP contribution < -0.4 is 10.9 Å². The van der Waals surface area contributed by atoms with E-state index >= 15 is 0 Å². The van der Waals surface area contributed by atoms with Gasteiger partial charge in [0, 0.05) is 0 Å². The molecule has 8 heteroatoms. The quantitative estimate of drug-likeness (QED) is 0.583. The van der Waals surface area contributed by atoms with E-state index < -0.39 is 30.5 Å². The lowest BCUT2D eigenvalue weighted by atomic mass is 9.58. The first-order valence-corrected chi connectivity index (χ1v) is 6.07. The number of alkyl halides is 6. The SMILES string of the molecule is FB(c1ccc(C(F)(F)F)cc1)c1ccc(C(F)(F)F)cc1. The van der Waals surface area contributed by atoms with Crippen LogP contribution in [0.2, 0.25) is 0 Å². The molecule has 0 aliphatic rings. The largest absolute Gasteiger partial charge is 0.416 e. The summed E-state index contributed by atoms with van der Waals surface area (Å²) in [6.45, 7) is -1.80. The van der Waals surface area contributed by atoms with Gasteiger partial charge in [0.15, 0.2) is 0 Å². The Morgan fingerprint density at radius 3 is 1.05 bits per heavy atom. The third-order valence-electron chi connectivity index (χ3n) is 3.06. The number of halogens is 7. The topological polar surface area (TPSA) is 0 Å². The zero-order valence-corrected chi connectivity index (χ0v) is 10.8.